The number of hydrogen-bond donors (Lipinski definition) is 0. The Morgan fingerprint density at radius 2 is 1.64 bits per heavy atom. The van der Waals surface area contributed by atoms with Crippen molar-refractivity contribution in [1.29, 1.82) is 0 Å². The maximum atomic E-state index is 6.47. The third kappa shape index (κ3) is 3.74. The number of halogens is 1. The molecule has 0 unspecified atom stereocenters. The zero-order chi connectivity index (χ0) is 23.1. The molecule has 7 heteroatoms. The van der Waals surface area contributed by atoms with Gasteiger partial charge in [0.25, 0.3) is 0 Å². The summed E-state index contributed by atoms with van der Waals surface area (Å²) in [5.74, 6) is 2.46. The molecule has 0 amide bonds. The highest BCUT2D eigenvalue weighted by atomic mass is 35.5. The summed E-state index contributed by atoms with van der Waals surface area (Å²) in [6.45, 7) is 2.08. The van der Waals surface area contributed by atoms with Gasteiger partial charge in [0.1, 0.15) is 5.75 Å². The summed E-state index contributed by atoms with van der Waals surface area (Å²) in [6, 6.07) is 18.0. The number of methoxy groups -OCH3 is 3. The Morgan fingerprint density at radius 3 is 2.27 bits per heavy atom. The number of hydrazone groups is 1. The Morgan fingerprint density at radius 1 is 0.939 bits per heavy atom. The van der Waals surface area contributed by atoms with Gasteiger partial charge in [0.2, 0.25) is 12.0 Å². The fraction of sp³-hybridized carbons (Fsp3) is 0.269. The van der Waals surface area contributed by atoms with Crippen molar-refractivity contribution < 1.29 is 18.9 Å². The van der Waals surface area contributed by atoms with E-state index in [0.717, 1.165) is 34.6 Å². The number of hydrogen-bond acceptors (Lipinski definition) is 6. The smallest absolute Gasteiger partial charge is 0.214 e. The van der Waals surface area contributed by atoms with Crippen LogP contribution >= 0.6 is 11.6 Å². The van der Waals surface area contributed by atoms with E-state index in [1.165, 1.54) is 5.56 Å². The van der Waals surface area contributed by atoms with Crippen LogP contribution in [0.4, 0.5) is 0 Å². The molecule has 0 aliphatic carbocycles. The molecule has 170 valence electrons. The molecule has 0 saturated carbocycles. The van der Waals surface area contributed by atoms with Crippen molar-refractivity contribution in [3.63, 3.8) is 0 Å². The summed E-state index contributed by atoms with van der Waals surface area (Å²) in [5.41, 5.74) is 5.20. The minimum absolute atomic E-state index is 0.00663. The summed E-state index contributed by atoms with van der Waals surface area (Å²) in [4.78, 5) is 0. The number of ether oxygens (including phenoxy) is 4. The van der Waals surface area contributed by atoms with E-state index in [9.17, 15) is 0 Å². The molecule has 0 bridgehead atoms. The van der Waals surface area contributed by atoms with Gasteiger partial charge < -0.3 is 18.9 Å². The van der Waals surface area contributed by atoms with Gasteiger partial charge in [0.15, 0.2) is 11.5 Å². The van der Waals surface area contributed by atoms with Crippen LogP contribution in [0, 0.1) is 6.92 Å². The Balaban J connectivity index is 1.63. The highest BCUT2D eigenvalue weighted by Crippen LogP contribution is 2.50. The van der Waals surface area contributed by atoms with Crippen molar-refractivity contribution >= 4 is 17.3 Å². The van der Waals surface area contributed by atoms with Gasteiger partial charge in [-0.25, -0.2) is 5.01 Å². The summed E-state index contributed by atoms with van der Waals surface area (Å²) in [6.07, 6.45) is 0.279. The molecule has 2 aliphatic heterocycles. The van der Waals surface area contributed by atoms with E-state index in [1.54, 1.807) is 21.3 Å². The molecule has 5 rings (SSSR count). The Bertz CT molecular complexity index is 1200. The quantitative estimate of drug-likeness (QED) is 0.469. The average Bonchev–Trinajstić information content (AvgIpc) is 3.29. The van der Waals surface area contributed by atoms with Gasteiger partial charge in [0.05, 0.1) is 33.1 Å². The summed E-state index contributed by atoms with van der Waals surface area (Å²) in [5, 5.41) is 7.70. The van der Waals surface area contributed by atoms with Crippen molar-refractivity contribution in [2.75, 3.05) is 21.3 Å². The summed E-state index contributed by atoms with van der Waals surface area (Å²) in [7, 11) is 4.80. The van der Waals surface area contributed by atoms with E-state index in [1.807, 2.05) is 35.3 Å². The van der Waals surface area contributed by atoms with E-state index in [0.29, 0.717) is 22.3 Å². The van der Waals surface area contributed by atoms with Gasteiger partial charge in [0, 0.05) is 22.6 Å². The van der Waals surface area contributed by atoms with Crippen molar-refractivity contribution in [3.8, 4) is 23.0 Å². The molecule has 3 aromatic rings. The van der Waals surface area contributed by atoms with Crippen LogP contribution in [0.3, 0.4) is 0 Å². The lowest BCUT2D eigenvalue weighted by Gasteiger charge is -2.38. The Hall–Kier alpha value is -3.38. The molecule has 0 N–H and O–H groups in total. The maximum absolute atomic E-state index is 6.47. The predicted molar refractivity (Wildman–Crippen MR) is 128 cm³/mol. The van der Waals surface area contributed by atoms with E-state index < -0.39 is 6.23 Å². The van der Waals surface area contributed by atoms with Crippen LogP contribution in [-0.2, 0) is 0 Å². The number of fused-ring (bicyclic) bond motifs is 3. The SMILES string of the molecule is COc1cc([C@@H]2Oc3ccc(Cl)cc3[C@@H]3CC(c4ccc(C)cc4)=NN32)cc(OC)c1OC. The molecule has 0 fully saturated rings. The standard InChI is InChI=1S/C26H25ClN2O4/c1-15-5-7-16(8-6-15)20-14-21-19-13-18(27)9-10-22(19)33-26(29(21)28-20)17-11-23(30-2)25(32-4)24(12-17)31-3/h5-13,21,26H,14H2,1-4H3/t21-,26-/m0/s1. The van der Waals surface area contributed by atoms with Crippen molar-refractivity contribution in [2.24, 2.45) is 5.10 Å². The Labute approximate surface area is 198 Å². The lowest BCUT2D eigenvalue weighted by Crippen LogP contribution is -2.33. The predicted octanol–water partition coefficient (Wildman–Crippen LogP) is 5.92. The molecular weight excluding hydrogens is 440 g/mol. The zero-order valence-electron chi connectivity index (χ0n) is 19.0. The normalized spacial score (nSPS) is 18.7. The zero-order valence-corrected chi connectivity index (χ0v) is 19.7. The van der Waals surface area contributed by atoms with E-state index >= 15 is 0 Å². The summed E-state index contributed by atoms with van der Waals surface area (Å²) < 4.78 is 23.1. The summed E-state index contributed by atoms with van der Waals surface area (Å²) >= 11 is 6.35. The minimum Gasteiger partial charge on any atom is -0.493 e. The largest absolute Gasteiger partial charge is 0.493 e. The molecule has 3 aromatic carbocycles. The van der Waals surface area contributed by atoms with Crippen LogP contribution in [0.15, 0.2) is 59.7 Å². The van der Waals surface area contributed by atoms with E-state index in [-0.39, 0.29) is 6.04 Å². The van der Waals surface area contributed by atoms with Crippen LogP contribution in [0.25, 0.3) is 0 Å². The minimum atomic E-state index is -0.472. The first kappa shape index (κ1) is 21.5. The fourth-order valence-corrected chi connectivity index (χ4v) is 4.62. The number of rotatable bonds is 5. The van der Waals surface area contributed by atoms with Crippen LogP contribution < -0.4 is 18.9 Å². The molecule has 0 radical (unpaired) electrons. The third-order valence-electron chi connectivity index (χ3n) is 6.11. The van der Waals surface area contributed by atoms with Crippen LogP contribution in [0.5, 0.6) is 23.0 Å². The first-order valence-corrected chi connectivity index (χ1v) is 11.1. The van der Waals surface area contributed by atoms with Crippen LogP contribution in [0.2, 0.25) is 5.02 Å². The number of nitrogens with zero attached hydrogens (tertiary/aromatic N) is 2. The molecule has 0 spiro atoms. The average molecular weight is 465 g/mol. The monoisotopic (exact) mass is 464 g/mol. The van der Waals surface area contributed by atoms with E-state index in [4.69, 9.17) is 35.6 Å². The highest BCUT2D eigenvalue weighted by molar-refractivity contribution is 6.30. The Kier molecular flexibility index (Phi) is 5.54. The van der Waals surface area contributed by atoms with Gasteiger partial charge in [-0.2, -0.15) is 5.10 Å². The fourth-order valence-electron chi connectivity index (χ4n) is 4.44. The molecule has 0 saturated heterocycles. The van der Waals surface area contributed by atoms with Gasteiger partial charge in [-0.1, -0.05) is 41.4 Å². The third-order valence-corrected chi connectivity index (χ3v) is 6.34. The molecular formula is C26H25ClN2O4. The first-order valence-electron chi connectivity index (χ1n) is 10.7. The van der Waals surface area contributed by atoms with Crippen LogP contribution in [0.1, 0.15) is 40.9 Å². The lowest BCUT2D eigenvalue weighted by molar-refractivity contribution is -0.0192. The van der Waals surface area contributed by atoms with Crippen molar-refractivity contribution in [3.05, 3.63) is 81.9 Å². The maximum Gasteiger partial charge on any atom is 0.214 e. The van der Waals surface area contributed by atoms with Gasteiger partial charge in [-0.3, -0.25) is 0 Å². The molecule has 33 heavy (non-hydrogen) atoms. The van der Waals surface area contributed by atoms with Gasteiger partial charge >= 0.3 is 0 Å². The van der Waals surface area contributed by atoms with E-state index in [2.05, 4.69) is 31.2 Å². The van der Waals surface area contributed by atoms with Gasteiger partial charge in [-0.05, 0) is 42.8 Å². The van der Waals surface area contributed by atoms with Gasteiger partial charge in [-0.15, -0.1) is 0 Å². The first-order chi connectivity index (χ1) is 16.0. The molecule has 2 heterocycles. The highest BCUT2D eigenvalue weighted by Gasteiger charge is 2.41. The number of benzene rings is 3. The topological polar surface area (TPSA) is 52.5 Å². The second-order valence-corrected chi connectivity index (χ2v) is 8.56. The molecule has 0 aromatic heterocycles. The van der Waals surface area contributed by atoms with Crippen molar-refractivity contribution in [2.45, 2.75) is 25.6 Å². The molecule has 2 atom stereocenters. The van der Waals surface area contributed by atoms with Crippen LogP contribution in [-0.4, -0.2) is 32.0 Å². The second kappa shape index (κ2) is 8.52. The number of aryl methyl sites for hydroxylation is 1. The molecule has 6 nitrogen and oxygen atoms in total. The molecule has 2 aliphatic rings. The second-order valence-electron chi connectivity index (χ2n) is 8.12. The lowest BCUT2D eigenvalue weighted by atomic mass is 9.95. The van der Waals surface area contributed by atoms with Crippen molar-refractivity contribution in [1.82, 2.24) is 5.01 Å².